The molecule has 0 radical (unpaired) electrons. The molecule has 1 aromatic rings. The number of hydrogen-bond acceptors (Lipinski definition) is 5. The summed E-state index contributed by atoms with van der Waals surface area (Å²) in [6.07, 6.45) is 2.68. The van der Waals surface area contributed by atoms with Crippen LogP contribution in [0.15, 0.2) is 23.1 Å². The van der Waals surface area contributed by atoms with Crippen LogP contribution in [-0.2, 0) is 24.3 Å². The lowest BCUT2D eigenvalue weighted by Crippen LogP contribution is -2.35. The maximum absolute atomic E-state index is 12.7. The summed E-state index contributed by atoms with van der Waals surface area (Å²) in [5.41, 5.74) is 0.159. The smallest absolute Gasteiger partial charge is 0.303 e. The first-order valence-electron chi connectivity index (χ1n) is 7.53. The van der Waals surface area contributed by atoms with Gasteiger partial charge < -0.3 is 10.1 Å². The first kappa shape index (κ1) is 18.7. The molecular weight excluding hydrogens is 356 g/mol. The number of halogens is 1. The molecule has 1 saturated heterocycles. The van der Waals surface area contributed by atoms with Gasteiger partial charge in [-0.3, -0.25) is 9.59 Å². The minimum absolute atomic E-state index is 0.0663. The van der Waals surface area contributed by atoms with Crippen LogP contribution < -0.4 is 5.32 Å². The standard InChI is InChI=1S/C15H19ClN2O5S/c1-11(19)23-10-15(20)17-14-9-12(5-6-13(14)16)24(21,22)18-7-3-2-4-8-18/h5-6,9H,2-4,7-8,10H2,1H3,(H,17,20). The van der Waals surface area contributed by atoms with E-state index in [1.807, 2.05) is 0 Å². The van der Waals surface area contributed by atoms with E-state index in [0.29, 0.717) is 13.1 Å². The third-order valence-electron chi connectivity index (χ3n) is 3.57. The fourth-order valence-electron chi connectivity index (χ4n) is 2.37. The molecule has 24 heavy (non-hydrogen) atoms. The van der Waals surface area contributed by atoms with Gasteiger partial charge >= 0.3 is 5.97 Å². The van der Waals surface area contributed by atoms with Gasteiger partial charge in [-0.05, 0) is 31.0 Å². The molecule has 9 heteroatoms. The van der Waals surface area contributed by atoms with Gasteiger partial charge in [0.25, 0.3) is 5.91 Å². The molecule has 1 heterocycles. The molecule has 0 aromatic heterocycles. The average molecular weight is 375 g/mol. The molecule has 0 saturated carbocycles. The highest BCUT2D eigenvalue weighted by molar-refractivity contribution is 7.89. The number of hydrogen-bond donors (Lipinski definition) is 1. The number of carbonyl (C=O) groups is 2. The molecule has 1 amide bonds. The van der Waals surface area contributed by atoms with Crippen molar-refractivity contribution in [2.24, 2.45) is 0 Å². The van der Waals surface area contributed by atoms with E-state index in [2.05, 4.69) is 10.1 Å². The lowest BCUT2D eigenvalue weighted by atomic mass is 10.2. The van der Waals surface area contributed by atoms with Crippen LogP contribution in [0.25, 0.3) is 0 Å². The first-order chi connectivity index (χ1) is 11.3. The predicted octanol–water partition coefficient (Wildman–Crippen LogP) is 2.02. The van der Waals surface area contributed by atoms with E-state index in [0.717, 1.165) is 19.3 Å². The number of ether oxygens (including phenoxy) is 1. The molecule has 1 aromatic carbocycles. The number of amides is 1. The van der Waals surface area contributed by atoms with Crippen LogP contribution in [0.3, 0.4) is 0 Å². The summed E-state index contributed by atoms with van der Waals surface area (Å²) in [4.78, 5) is 22.5. The number of nitrogens with zero attached hydrogens (tertiary/aromatic N) is 1. The molecule has 0 atom stereocenters. The van der Waals surface area contributed by atoms with Crippen LogP contribution in [0.1, 0.15) is 26.2 Å². The minimum atomic E-state index is -3.62. The second-order valence-electron chi connectivity index (χ2n) is 5.43. The molecule has 1 fully saturated rings. The van der Waals surface area contributed by atoms with E-state index in [1.54, 1.807) is 0 Å². The fraction of sp³-hybridized carbons (Fsp3) is 0.467. The van der Waals surface area contributed by atoms with E-state index in [9.17, 15) is 18.0 Å². The number of esters is 1. The Bertz CT molecular complexity index is 729. The Labute approximate surface area is 146 Å². The molecule has 1 aliphatic rings. The number of anilines is 1. The van der Waals surface area contributed by atoms with E-state index in [-0.39, 0.29) is 15.6 Å². The molecule has 132 valence electrons. The van der Waals surface area contributed by atoms with Gasteiger partial charge in [0.1, 0.15) is 0 Å². The zero-order valence-corrected chi connectivity index (χ0v) is 14.8. The van der Waals surface area contributed by atoms with Crippen LogP contribution in [0, 0.1) is 0 Å². The van der Waals surface area contributed by atoms with Crippen LogP contribution in [-0.4, -0.2) is 44.3 Å². The largest absolute Gasteiger partial charge is 0.456 e. The Morgan fingerprint density at radius 1 is 1.25 bits per heavy atom. The van der Waals surface area contributed by atoms with E-state index < -0.39 is 28.5 Å². The van der Waals surface area contributed by atoms with Crippen molar-refractivity contribution >= 4 is 39.2 Å². The van der Waals surface area contributed by atoms with Gasteiger partial charge in [-0.1, -0.05) is 18.0 Å². The summed E-state index contributed by atoms with van der Waals surface area (Å²) in [7, 11) is -3.62. The van der Waals surface area contributed by atoms with E-state index in [1.165, 1.54) is 29.4 Å². The Kier molecular flexibility index (Phi) is 6.20. The number of rotatable bonds is 5. The molecule has 1 aliphatic heterocycles. The van der Waals surface area contributed by atoms with Crippen molar-refractivity contribution in [3.63, 3.8) is 0 Å². The minimum Gasteiger partial charge on any atom is -0.456 e. The second-order valence-corrected chi connectivity index (χ2v) is 7.78. The van der Waals surface area contributed by atoms with Crippen molar-refractivity contribution in [1.82, 2.24) is 4.31 Å². The Morgan fingerprint density at radius 2 is 1.92 bits per heavy atom. The summed E-state index contributed by atoms with van der Waals surface area (Å²) in [5, 5.41) is 2.65. The molecule has 1 N–H and O–H groups in total. The van der Waals surface area contributed by atoms with Crippen molar-refractivity contribution in [3.8, 4) is 0 Å². The number of piperidine rings is 1. The Hall–Kier alpha value is -1.64. The number of sulfonamides is 1. The SMILES string of the molecule is CC(=O)OCC(=O)Nc1cc(S(=O)(=O)N2CCCCC2)ccc1Cl. The Balaban J connectivity index is 2.18. The topological polar surface area (TPSA) is 92.8 Å². The number of nitrogens with one attached hydrogen (secondary N) is 1. The van der Waals surface area contributed by atoms with E-state index in [4.69, 9.17) is 11.6 Å². The van der Waals surface area contributed by atoms with Crippen molar-refractivity contribution < 1.29 is 22.7 Å². The Morgan fingerprint density at radius 3 is 2.54 bits per heavy atom. The molecule has 0 aliphatic carbocycles. The van der Waals surface area contributed by atoms with Gasteiger partial charge in [-0.25, -0.2) is 8.42 Å². The lowest BCUT2D eigenvalue weighted by Gasteiger charge is -2.26. The zero-order chi connectivity index (χ0) is 17.7. The summed E-state index contributed by atoms with van der Waals surface area (Å²) < 4.78 is 31.3. The van der Waals surface area contributed by atoms with Crippen LogP contribution >= 0.6 is 11.6 Å². The van der Waals surface area contributed by atoms with Crippen LogP contribution in [0.5, 0.6) is 0 Å². The second kappa shape index (κ2) is 7.96. The third-order valence-corrected chi connectivity index (χ3v) is 5.80. The third kappa shape index (κ3) is 4.68. The lowest BCUT2D eigenvalue weighted by molar-refractivity contribution is -0.144. The van der Waals surface area contributed by atoms with Gasteiger partial charge in [0.2, 0.25) is 10.0 Å². The van der Waals surface area contributed by atoms with Gasteiger partial charge in [0, 0.05) is 20.0 Å². The van der Waals surface area contributed by atoms with Gasteiger partial charge in [0.15, 0.2) is 6.61 Å². The van der Waals surface area contributed by atoms with Crippen LogP contribution in [0.2, 0.25) is 5.02 Å². The molecule has 2 rings (SSSR count). The highest BCUT2D eigenvalue weighted by atomic mass is 35.5. The molecule has 0 bridgehead atoms. The van der Waals surface area contributed by atoms with E-state index >= 15 is 0 Å². The predicted molar refractivity (Wildman–Crippen MR) is 89.3 cm³/mol. The molecule has 0 unspecified atom stereocenters. The molecule has 7 nitrogen and oxygen atoms in total. The zero-order valence-electron chi connectivity index (χ0n) is 13.2. The summed E-state index contributed by atoms with van der Waals surface area (Å²) in [6, 6.07) is 4.14. The number of benzene rings is 1. The highest BCUT2D eigenvalue weighted by Gasteiger charge is 2.26. The van der Waals surface area contributed by atoms with Crippen molar-refractivity contribution in [3.05, 3.63) is 23.2 Å². The van der Waals surface area contributed by atoms with Gasteiger partial charge in [0.05, 0.1) is 15.6 Å². The maximum Gasteiger partial charge on any atom is 0.303 e. The van der Waals surface area contributed by atoms with Crippen molar-refractivity contribution in [2.75, 3.05) is 25.0 Å². The quantitative estimate of drug-likeness (QED) is 0.796. The highest BCUT2D eigenvalue weighted by Crippen LogP contribution is 2.28. The summed E-state index contributed by atoms with van der Waals surface area (Å²) in [5.74, 6) is -1.18. The van der Waals surface area contributed by atoms with Crippen molar-refractivity contribution in [2.45, 2.75) is 31.1 Å². The molecular formula is C15H19ClN2O5S. The normalized spacial score (nSPS) is 15.8. The first-order valence-corrected chi connectivity index (χ1v) is 9.35. The van der Waals surface area contributed by atoms with Gasteiger partial charge in [-0.15, -0.1) is 0 Å². The fourth-order valence-corrected chi connectivity index (χ4v) is 4.08. The summed E-state index contributed by atoms with van der Waals surface area (Å²) >= 11 is 6.01. The molecule has 0 spiro atoms. The maximum atomic E-state index is 12.7. The number of carbonyl (C=O) groups excluding carboxylic acids is 2. The summed E-state index contributed by atoms with van der Waals surface area (Å²) in [6.45, 7) is 1.69. The monoisotopic (exact) mass is 374 g/mol. The average Bonchev–Trinajstić information content (AvgIpc) is 2.55. The van der Waals surface area contributed by atoms with Gasteiger partial charge in [-0.2, -0.15) is 4.31 Å². The van der Waals surface area contributed by atoms with Crippen molar-refractivity contribution in [1.29, 1.82) is 0 Å². The van der Waals surface area contributed by atoms with Crippen LogP contribution in [0.4, 0.5) is 5.69 Å².